The van der Waals surface area contributed by atoms with Gasteiger partial charge in [-0.1, -0.05) is 23.7 Å². The van der Waals surface area contributed by atoms with Crippen molar-refractivity contribution < 1.29 is 14.7 Å². The van der Waals surface area contributed by atoms with Gasteiger partial charge in [0.2, 0.25) is 0 Å². The predicted molar refractivity (Wildman–Crippen MR) is 85.3 cm³/mol. The molecule has 0 saturated heterocycles. The summed E-state index contributed by atoms with van der Waals surface area (Å²) in [4.78, 5) is 25.0. The molecule has 1 aromatic heterocycles. The maximum atomic E-state index is 12.6. The molecule has 2 aromatic rings. The molecule has 1 fully saturated rings. The first-order valence-electron chi connectivity index (χ1n) is 7.38. The van der Waals surface area contributed by atoms with Crippen molar-refractivity contribution >= 4 is 23.5 Å². The highest BCUT2D eigenvalue weighted by atomic mass is 35.5. The summed E-state index contributed by atoms with van der Waals surface area (Å²) in [6, 6.07) is 9.00. The van der Waals surface area contributed by atoms with Crippen molar-refractivity contribution in [3.8, 4) is 11.3 Å². The summed E-state index contributed by atoms with van der Waals surface area (Å²) < 4.78 is 0. The molecule has 7 heteroatoms. The van der Waals surface area contributed by atoms with E-state index >= 15 is 0 Å². The highest BCUT2D eigenvalue weighted by Crippen LogP contribution is 2.29. The first-order valence-corrected chi connectivity index (χ1v) is 7.76. The lowest BCUT2D eigenvalue weighted by atomic mass is 10.1. The summed E-state index contributed by atoms with van der Waals surface area (Å²) in [5.74, 6) is -1.11. The van der Waals surface area contributed by atoms with Crippen LogP contribution in [-0.2, 0) is 4.79 Å². The van der Waals surface area contributed by atoms with E-state index in [4.69, 9.17) is 16.7 Å². The van der Waals surface area contributed by atoms with Gasteiger partial charge in [-0.3, -0.25) is 14.7 Å². The second-order valence-corrected chi connectivity index (χ2v) is 5.98. The Bertz CT molecular complexity index is 722. The molecule has 120 valence electrons. The highest BCUT2D eigenvalue weighted by molar-refractivity contribution is 6.30. The first kappa shape index (κ1) is 15.6. The molecule has 0 atom stereocenters. The molecule has 1 amide bonds. The van der Waals surface area contributed by atoms with Crippen LogP contribution in [0.2, 0.25) is 5.02 Å². The molecule has 1 heterocycles. The van der Waals surface area contributed by atoms with Crippen LogP contribution in [0.3, 0.4) is 0 Å². The average molecular weight is 334 g/mol. The Morgan fingerprint density at radius 1 is 1.30 bits per heavy atom. The number of carbonyl (C=O) groups excluding carboxylic acids is 1. The third-order valence-electron chi connectivity index (χ3n) is 3.76. The van der Waals surface area contributed by atoms with Crippen LogP contribution in [0, 0.1) is 0 Å². The maximum absolute atomic E-state index is 12.6. The fourth-order valence-electron chi connectivity index (χ4n) is 2.41. The van der Waals surface area contributed by atoms with Gasteiger partial charge in [-0.2, -0.15) is 5.10 Å². The molecule has 3 rings (SSSR count). The molecule has 1 saturated carbocycles. The number of aromatic nitrogens is 2. The molecular formula is C16H16ClN3O3. The van der Waals surface area contributed by atoms with Crippen molar-refractivity contribution in [1.29, 1.82) is 0 Å². The molecule has 2 N–H and O–H groups in total. The maximum Gasteiger partial charge on any atom is 0.305 e. The van der Waals surface area contributed by atoms with Gasteiger partial charge in [0.05, 0.1) is 12.1 Å². The number of carboxylic acids is 1. The van der Waals surface area contributed by atoms with Crippen LogP contribution in [0.5, 0.6) is 0 Å². The molecule has 0 unspecified atom stereocenters. The number of carbonyl (C=O) groups is 2. The number of halogens is 1. The van der Waals surface area contributed by atoms with Crippen LogP contribution in [0.25, 0.3) is 11.3 Å². The number of benzene rings is 1. The number of H-pyrrole nitrogens is 1. The Morgan fingerprint density at radius 2 is 2.00 bits per heavy atom. The predicted octanol–water partition coefficient (Wildman–Crippen LogP) is 2.81. The largest absolute Gasteiger partial charge is 0.481 e. The van der Waals surface area contributed by atoms with E-state index in [1.165, 1.54) is 0 Å². The van der Waals surface area contributed by atoms with E-state index in [0.29, 0.717) is 16.4 Å². The van der Waals surface area contributed by atoms with Crippen LogP contribution in [0.4, 0.5) is 0 Å². The molecule has 23 heavy (non-hydrogen) atoms. The van der Waals surface area contributed by atoms with Crippen LogP contribution in [-0.4, -0.2) is 44.7 Å². The zero-order valence-corrected chi connectivity index (χ0v) is 13.1. The molecule has 0 radical (unpaired) electrons. The van der Waals surface area contributed by atoms with Crippen LogP contribution < -0.4 is 0 Å². The van der Waals surface area contributed by atoms with Gasteiger partial charge in [0, 0.05) is 23.2 Å². The van der Waals surface area contributed by atoms with E-state index in [1.807, 2.05) is 12.1 Å². The fourth-order valence-corrected chi connectivity index (χ4v) is 2.53. The van der Waals surface area contributed by atoms with E-state index in [0.717, 1.165) is 18.4 Å². The number of carboxylic acid groups (broad SMARTS) is 1. The van der Waals surface area contributed by atoms with E-state index in [9.17, 15) is 9.59 Å². The van der Waals surface area contributed by atoms with E-state index in [2.05, 4.69) is 10.2 Å². The quantitative estimate of drug-likeness (QED) is 0.851. The second-order valence-electron chi connectivity index (χ2n) is 5.55. The number of hydrogen-bond acceptors (Lipinski definition) is 3. The Kier molecular flexibility index (Phi) is 4.34. The van der Waals surface area contributed by atoms with Crippen molar-refractivity contribution in [3.05, 3.63) is 41.0 Å². The van der Waals surface area contributed by atoms with Crippen LogP contribution >= 0.6 is 11.6 Å². The number of nitrogens with one attached hydrogen (secondary N) is 1. The van der Waals surface area contributed by atoms with Crippen LogP contribution in [0.1, 0.15) is 29.8 Å². The Balaban J connectivity index is 1.76. The van der Waals surface area contributed by atoms with Crippen LogP contribution in [0.15, 0.2) is 30.3 Å². The SMILES string of the molecule is O=C(O)CCN(C(=O)c1cc(-c2ccc(Cl)cc2)n[nH]1)C1CC1. The number of aliphatic carboxylic acids is 1. The molecule has 0 aliphatic heterocycles. The summed E-state index contributed by atoms with van der Waals surface area (Å²) in [7, 11) is 0. The van der Waals surface area contributed by atoms with Gasteiger partial charge in [0.1, 0.15) is 5.69 Å². The summed E-state index contributed by atoms with van der Waals surface area (Å²) in [5.41, 5.74) is 1.87. The standard InChI is InChI=1S/C16H16ClN3O3/c17-11-3-1-10(2-4-11)13-9-14(19-18-13)16(23)20(12-5-6-12)8-7-15(21)22/h1-4,9,12H,5-8H2,(H,18,19)(H,21,22). The summed E-state index contributed by atoms with van der Waals surface area (Å²) in [6.07, 6.45) is 1.79. The topological polar surface area (TPSA) is 86.3 Å². The molecule has 6 nitrogen and oxygen atoms in total. The summed E-state index contributed by atoms with van der Waals surface area (Å²) in [5, 5.41) is 16.4. The lowest BCUT2D eigenvalue weighted by Gasteiger charge is -2.20. The smallest absolute Gasteiger partial charge is 0.305 e. The molecule has 1 aromatic carbocycles. The molecule has 1 aliphatic carbocycles. The third-order valence-corrected chi connectivity index (χ3v) is 4.02. The molecule has 1 aliphatic rings. The Labute approximate surface area is 138 Å². The van der Waals surface area contributed by atoms with Gasteiger partial charge in [0.25, 0.3) is 5.91 Å². The number of nitrogens with zero attached hydrogens (tertiary/aromatic N) is 2. The molecule has 0 spiro atoms. The van der Waals surface area contributed by atoms with Crippen molar-refractivity contribution in [2.24, 2.45) is 0 Å². The molecule has 0 bridgehead atoms. The average Bonchev–Trinajstić information content (AvgIpc) is 3.24. The normalized spacial score (nSPS) is 13.8. The fraction of sp³-hybridized carbons (Fsp3) is 0.312. The van der Waals surface area contributed by atoms with Gasteiger partial charge in [-0.25, -0.2) is 0 Å². The van der Waals surface area contributed by atoms with Gasteiger partial charge in [-0.15, -0.1) is 0 Å². The first-order chi connectivity index (χ1) is 11.0. The minimum Gasteiger partial charge on any atom is -0.481 e. The van der Waals surface area contributed by atoms with Gasteiger partial charge in [-0.05, 0) is 31.0 Å². The van der Waals surface area contributed by atoms with Crippen molar-refractivity contribution in [3.63, 3.8) is 0 Å². The van der Waals surface area contributed by atoms with E-state index < -0.39 is 5.97 Å². The van der Waals surface area contributed by atoms with E-state index in [1.54, 1.807) is 23.1 Å². The summed E-state index contributed by atoms with van der Waals surface area (Å²) >= 11 is 5.86. The van der Waals surface area contributed by atoms with Gasteiger partial charge < -0.3 is 10.0 Å². The van der Waals surface area contributed by atoms with Crippen molar-refractivity contribution in [2.45, 2.75) is 25.3 Å². The lowest BCUT2D eigenvalue weighted by molar-refractivity contribution is -0.137. The Hall–Kier alpha value is -2.34. The lowest BCUT2D eigenvalue weighted by Crippen LogP contribution is -2.35. The minimum atomic E-state index is -0.907. The minimum absolute atomic E-state index is 0.0551. The van der Waals surface area contributed by atoms with Crippen molar-refractivity contribution in [2.75, 3.05) is 6.54 Å². The molecular weight excluding hydrogens is 318 g/mol. The number of rotatable bonds is 6. The zero-order chi connectivity index (χ0) is 16.4. The number of aromatic amines is 1. The number of amides is 1. The van der Waals surface area contributed by atoms with E-state index in [-0.39, 0.29) is 24.9 Å². The number of hydrogen-bond donors (Lipinski definition) is 2. The summed E-state index contributed by atoms with van der Waals surface area (Å²) in [6.45, 7) is 0.216. The zero-order valence-electron chi connectivity index (χ0n) is 12.3. The second kappa shape index (κ2) is 6.42. The Morgan fingerprint density at radius 3 is 2.61 bits per heavy atom. The highest BCUT2D eigenvalue weighted by Gasteiger charge is 2.33. The van der Waals surface area contributed by atoms with Gasteiger partial charge >= 0.3 is 5.97 Å². The van der Waals surface area contributed by atoms with Crippen molar-refractivity contribution in [1.82, 2.24) is 15.1 Å². The van der Waals surface area contributed by atoms with Gasteiger partial charge in [0.15, 0.2) is 0 Å². The third kappa shape index (κ3) is 3.71. The monoisotopic (exact) mass is 333 g/mol.